The molecule has 0 saturated heterocycles. The van der Waals surface area contributed by atoms with Gasteiger partial charge in [-0.05, 0) is 36.4 Å². The summed E-state index contributed by atoms with van der Waals surface area (Å²) in [6.07, 6.45) is 6.83. The third-order valence-corrected chi connectivity index (χ3v) is 5.78. The molecule has 0 bridgehead atoms. The Kier molecular flexibility index (Phi) is 5.92. The fourth-order valence-corrected chi connectivity index (χ4v) is 4.05. The zero-order valence-electron chi connectivity index (χ0n) is 19.6. The Morgan fingerprint density at radius 1 is 0.703 bits per heavy atom. The van der Waals surface area contributed by atoms with E-state index in [1.54, 1.807) is 41.6 Å². The number of halogens is 1. The summed E-state index contributed by atoms with van der Waals surface area (Å²) in [5.41, 5.74) is 3.69. The summed E-state index contributed by atoms with van der Waals surface area (Å²) in [5.74, 6) is 1.33. The van der Waals surface area contributed by atoms with Gasteiger partial charge >= 0.3 is 0 Å². The number of hydrogen-bond acceptors (Lipinski definition) is 7. The SMILES string of the molecule is Fc1ccccc1Cn1nc(-c2nc(Nc3ccncc3)cc(Nc3ccncc3)n2)c2ccccc21. The standard InChI is InChI=1S/C28H21FN8/c29-23-7-3-1-5-19(23)18-37-24-8-4-2-6-22(24)27(36-37)28-34-25(32-20-9-13-30-14-10-20)17-26(35-28)33-21-11-15-31-16-12-21/h1-17H,18H2,(H2,30,31,32,33,34,35). The van der Waals surface area contributed by atoms with Gasteiger partial charge in [-0.1, -0.05) is 36.4 Å². The topological polar surface area (TPSA) is 93.4 Å². The second kappa shape index (κ2) is 9.82. The smallest absolute Gasteiger partial charge is 0.184 e. The number of nitrogens with one attached hydrogen (secondary N) is 2. The average molecular weight is 489 g/mol. The van der Waals surface area contributed by atoms with Crippen molar-refractivity contribution >= 4 is 33.9 Å². The summed E-state index contributed by atoms with van der Waals surface area (Å²) in [5, 5.41) is 12.3. The van der Waals surface area contributed by atoms with E-state index >= 15 is 0 Å². The molecule has 2 aromatic carbocycles. The van der Waals surface area contributed by atoms with Crippen molar-refractivity contribution in [2.75, 3.05) is 10.6 Å². The van der Waals surface area contributed by atoms with Crippen molar-refractivity contribution in [2.45, 2.75) is 6.54 Å². The predicted molar refractivity (Wildman–Crippen MR) is 141 cm³/mol. The lowest BCUT2D eigenvalue weighted by atomic mass is 10.2. The third kappa shape index (κ3) is 4.83. The maximum absolute atomic E-state index is 14.4. The molecule has 0 spiro atoms. The molecule has 0 amide bonds. The largest absolute Gasteiger partial charge is 0.340 e. The molecule has 2 N–H and O–H groups in total. The van der Waals surface area contributed by atoms with Gasteiger partial charge < -0.3 is 10.6 Å². The molecule has 4 aromatic heterocycles. The molecule has 0 radical (unpaired) electrons. The molecule has 9 heteroatoms. The summed E-state index contributed by atoms with van der Waals surface area (Å²) in [7, 11) is 0. The van der Waals surface area contributed by atoms with Gasteiger partial charge in [0.1, 0.15) is 23.1 Å². The van der Waals surface area contributed by atoms with Crippen LogP contribution in [-0.2, 0) is 6.54 Å². The van der Waals surface area contributed by atoms with E-state index in [0.717, 1.165) is 22.3 Å². The minimum Gasteiger partial charge on any atom is -0.340 e. The summed E-state index contributed by atoms with van der Waals surface area (Å²) < 4.78 is 16.2. The van der Waals surface area contributed by atoms with Crippen LogP contribution in [0.4, 0.5) is 27.4 Å². The minimum absolute atomic E-state index is 0.271. The highest BCUT2D eigenvalue weighted by Crippen LogP contribution is 2.30. The highest BCUT2D eigenvalue weighted by Gasteiger charge is 2.17. The molecule has 0 aliphatic heterocycles. The second-order valence-electron chi connectivity index (χ2n) is 8.30. The van der Waals surface area contributed by atoms with Crippen LogP contribution in [0, 0.1) is 5.82 Å². The van der Waals surface area contributed by atoms with Crippen LogP contribution in [-0.4, -0.2) is 29.7 Å². The number of aromatic nitrogens is 6. The molecule has 180 valence electrons. The van der Waals surface area contributed by atoms with Crippen LogP contribution < -0.4 is 10.6 Å². The fraction of sp³-hybridized carbons (Fsp3) is 0.0357. The molecular weight excluding hydrogens is 467 g/mol. The zero-order valence-corrected chi connectivity index (χ0v) is 19.6. The molecule has 4 heterocycles. The predicted octanol–water partition coefficient (Wildman–Crippen LogP) is 5.96. The van der Waals surface area contributed by atoms with Crippen molar-refractivity contribution < 1.29 is 4.39 Å². The van der Waals surface area contributed by atoms with Gasteiger partial charge in [0.15, 0.2) is 5.82 Å². The highest BCUT2D eigenvalue weighted by atomic mass is 19.1. The Bertz CT molecular complexity index is 1610. The third-order valence-electron chi connectivity index (χ3n) is 5.78. The van der Waals surface area contributed by atoms with E-state index in [1.807, 2.05) is 60.7 Å². The van der Waals surface area contributed by atoms with Gasteiger partial charge in [0.05, 0.1) is 12.1 Å². The molecule has 0 atom stereocenters. The molecule has 0 fully saturated rings. The highest BCUT2D eigenvalue weighted by molar-refractivity contribution is 5.92. The quantitative estimate of drug-likeness (QED) is 0.286. The number of anilines is 4. The van der Waals surface area contributed by atoms with Gasteiger partial charge in [0.2, 0.25) is 0 Å². The lowest BCUT2D eigenvalue weighted by Gasteiger charge is -2.11. The molecular formula is C28H21FN8. The maximum Gasteiger partial charge on any atom is 0.184 e. The Labute approximate surface area is 211 Å². The van der Waals surface area contributed by atoms with Crippen LogP contribution in [0.5, 0.6) is 0 Å². The van der Waals surface area contributed by atoms with E-state index in [4.69, 9.17) is 15.1 Å². The van der Waals surface area contributed by atoms with E-state index in [-0.39, 0.29) is 12.4 Å². The van der Waals surface area contributed by atoms with Crippen molar-refractivity contribution in [1.82, 2.24) is 29.7 Å². The van der Waals surface area contributed by atoms with Gasteiger partial charge in [-0.2, -0.15) is 5.10 Å². The Balaban J connectivity index is 1.46. The lowest BCUT2D eigenvalue weighted by molar-refractivity contribution is 0.590. The molecule has 0 aliphatic rings. The van der Waals surface area contributed by atoms with Crippen LogP contribution in [0.2, 0.25) is 0 Å². The number of para-hydroxylation sites is 1. The molecule has 37 heavy (non-hydrogen) atoms. The Morgan fingerprint density at radius 3 is 1.95 bits per heavy atom. The van der Waals surface area contributed by atoms with Gasteiger partial charge in [-0.25, -0.2) is 14.4 Å². The van der Waals surface area contributed by atoms with Gasteiger partial charge in [-0.15, -0.1) is 0 Å². The van der Waals surface area contributed by atoms with Crippen molar-refractivity contribution in [3.8, 4) is 11.5 Å². The van der Waals surface area contributed by atoms with E-state index in [1.165, 1.54) is 6.07 Å². The molecule has 0 unspecified atom stereocenters. The van der Waals surface area contributed by atoms with Gasteiger partial charge in [0.25, 0.3) is 0 Å². The van der Waals surface area contributed by atoms with Crippen LogP contribution in [0.1, 0.15) is 5.56 Å². The summed E-state index contributed by atoms with van der Waals surface area (Å²) in [6, 6.07) is 23.8. The number of nitrogens with zero attached hydrogens (tertiary/aromatic N) is 6. The normalized spacial score (nSPS) is 10.9. The molecule has 0 aliphatic carbocycles. The first kappa shape index (κ1) is 22.3. The van der Waals surface area contributed by atoms with E-state index in [9.17, 15) is 4.39 Å². The number of fused-ring (bicyclic) bond motifs is 1. The molecule has 6 rings (SSSR count). The Morgan fingerprint density at radius 2 is 1.30 bits per heavy atom. The first-order valence-corrected chi connectivity index (χ1v) is 11.7. The van der Waals surface area contributed by atoms with Gasteiger partial charge in [0, 0.05) is 53.2 Å². The number of pyridine rings is 2. The van der Waals surface area contributed by atoms with Gasteiger partial charge in [-0.3, -0.25) is 14.6 Å². The van der Waals surface area contributed by atoms with E-state index in [0.29, 0.717) is 28.7 Å². The summed E-state index contributed by atoms with van der Waals surface area (Å²) in [6.45, 7) is 0.282. The molecule has 6 aromatic rings. The number of benzene rings is 2. The average Bonchev–Trinajstić information content (AvgIpc) is 3.29. The van der Waals surface area contributed by atoms with Crippen molar-refractivity contribution in [3.05, 3.63) is 115 Å². The van der Waals surface area contributed by atoms with Crippen LogP contribution >= 0.6 is 0 Å². The monoisotopic (exact) mass is 488 g/mol. The minimum atomic E-state index is -0.271. The number of rotatable bonds is 7. The van der Waals surface area contributed by atoms with Crippen LogP contribution in [0.25, 0.3) is 22.4 Å². The first-order valence-electron chi connectivity index (χ1n) is 11.7. The van der Waals surface area contributed by atoms with E-state index < -0.39 is 0 Å². The fourth-order valence-electron chi connectivity index (χ4n) is 4.05. The Hall–Kier alpha value is -5.18. The summed E-state index contributed by atoms with van der Waals surface area (Å²) in [4.78, 5) is 17.7. The van der Waals surface area contributed by atoms with E-state index in [2.05, 4.69) is 20.6 Å². The summed E-state index contributed by atoms with van der Waals surface area (Å²) >= 11 is 0. The molecule has 0 saturated carbocycles. The van der Waals surface area contributed by atoms with Crippen LogP contribution in [0.3, 0.4) is 0 Å². The lowest BCUT2D eigenvalue weighted by Crippen LogP contribution is -2.05. The number of hydrogen-bond donors (Lipinski definition) is 2. The second-order valence-corrected chi connectivity index (χ2v) is 8.30. The van der Waals surface area contributed by atoms with Crippen molar-refractivity contribution in [3.63, 3.8) is 0 Å². The van der Waals surface area contributed by atoms with Crippen LogP contribution in [0.15, 0.2) is 104 Å². The van der Waals surface area contributed by atoms with Crippen molar-refractivity contribution in [2.24, 2.45) is 0 Å². The van der Waals surface area contributed by atoms with Crippen molar-refractivity contribution in [1.29, 1.82) is 0 Å². The maximum atomic E-state index is 14.4. The first-order chi connectivity index (χ1) is 18.2. The molecule has 8 nitrogen and oxygen atoms in total. The zero-order chi connectivity index (χ0) is 25.0.